The molecule has 0 aromatic heterocycles. The number of sulfonamides is 1. The van der Waals surface area contributed by atoms with Crippen LogP contribution < -0.4 is 14.9 Å². The lowest BCUT2D eigenvalue weighted by atomic mass is 10.3. The largest absolute Gasteiger partial charge is 0.495 e. The van der Waals surface area contributed by atoms with Crippen LogP contribution in [0.1, 0.15) is 19.8 Å². The highest BCUT2D eigenvalue weighted by molar-refractivity contribution is 7.92. The molecular formula is C19H20N4O5S. The molecular weight excluding hydrogens is 396 g/mol. The van der Waals surface area contributed by atoms with Crippen LogP contribution in [0.4, 0.5) is 17.1 Å². The first kappa shape index (κ1) is 20.3. The van der Waals surface area contributed by atoms with Crippen LogP contribution in [0.15, 0.2) is 64.1 Å². The van der Waals surface area contributed by atoms with Gasteiger partial charge in [-0.1, -0.05) is 17.7 Å². The zero-order chi connectivity index (χ0) is 21.0. The number of nitro groups is 1. The van der Waals surface area contributed by atoms with Crippen LogP contribution in [0.2, 0.25) is 0 Å². The Labute approximate surface area is 168 Å². The molecule has 0 atom stereocenters. The fraction of sp³-hybridized carbons (Fsp3) is 0.211. The fourth-order valence-corrected chi connectivity index (χ4v) is 3.92. The number of hydrogen-bond acceptors (Lipinski definition) is 7. The molecule has 0 saturated carbocycles. The average Bonchev–Trinajstić information content (AvgIpc) is 3.11. The Balaban J connectivity index is 1.90. The first-order chi connectivity index (χ1) is 13.8. The number of nitro benzene ring substituents is 1. The summed E-state index contributed by atoms with van der Waals surface area (Å²) in [6, 6.07) is 10.1. The standard InChI is InChI=1S/C19H20N4O5S/c1-13-7-8-14(11-13)20-21-16-10-9-15(12-18(16)23(24)25)29(26,27)22-17-5-3-4-6-19(17)28-2/h3-6,9-12,21-22H,7-8H2,1-2H3. The topological polar surface area (TPSA) is 123 Å². The second kappa shape index (κ2) is 8.31. The number of nitrogens with zero attached hydrogens (tertiary/aromatic N) is 2. The third kappa shape index (κ3) is 4.72. The molecule has 1 aliphatic rings. The van der Waals surface area contributed by atoms with E-state index in [1.165, 1.54) is 30.9 Å². The van der Waals surface area contributed by atoms with Gasteiger partial charge in [-0.05, 0) is 50.1 Å². The van der Waals surface area contributed by atoms with Crippen molar-refractivity contribution in [2.24, 2.45) is 5.10 Å². The molecule has 29 heavy (non-hydrogen) atoms. The molecule has 0 radical (unpaired) electrons. The zero-order valence-corrected chi connectivity index (χ0v) is 16.7. The Morgan fingerprint density at radius 1 is 1.14 bits per heavy atom. The number of allylic oxidation sites excluding steroid dienone is 2. The second-order valence-electron chi connectivity index (χ2n) is 6.45. The molecule has 0 spiro atoms. The molecule has 1 aliphatic carbocycles. The summed E-state index contributed by atoms with van der Waals surface area (Å²) in [5.74, 6) is 0.333. The van der Waals surface area contributed by atoms with Gasteiger partial charge < -0.3 is 4.74 Å². The molecule has 2 aromatic carbocycles. The SMILES string of the molecule is COc1ccccc1NS(=O)(=O)c1ccc(NN=C2C=C(C)CC2)c([N+](=O)[O-])c1. The highest BCUT2D eigenvalue weighted by Gasteiger charge is 2.22. The van der Waals surface area contributed by atoms with Gasteiger partial charge in [0.15, 0.2) is 0 Å². The molecule has 9 nitrogen and oxygen atoms in total. The van der Waals surface area contributed by atoms with Crippen LogP contribution in [0.5, 0.6) is 5.75 Å². The summed E-state index contributed by atoms with van der Waals surface area (Å²) in [5.41, 5.74) is 4.58. The van der Waals surface area contributed by atoms with Gasteiger partial charge in [0, 0.05) is 6.07 Å². The van der Waals surface area contributed by atoms with Crippen molar-refractivity contribution in [3.05, 3.63) is 64.2 Å². The molecule has 2 aromatic rings. The first-order valence-electron chi connectivity index (χ1n) is 8.74. The summed E-state index contributed by atoms with van der Waals surface area (Å²) < 4.78 is 32.9. The number of ether oxygens (including phenoxy) is 1. The van der Waals surface area contributed by atoms with Crippen molar-refractivity contribution in [1.82, 2.24) is 0 Å². The number of benzene rings is 2. The summed E-state index contributed by atoms with van der Waals surface area (Å²) in [4.78, 5) is 10.6. The predicted molar refractivity (Wildman–Crippen MR) is 111 cm³/mol. The van der Waals surface area contributed by atoms with Gasteiger partial charge in [-0.3, -0.25) is 20.3 Å². The van der Waals surface area contributed by atoms with Crippen LogP contribution in [0.3, 0.4) is 0 Å². The Bertz CT molecular complexity index is 1110. The monoisotopic (exact) mass is 416 g/mol. The Morgan fingerprint density at radius 3 is 2.55 bits per heavy atom. The third-order valence-electron chi connectivity index (χ3n) is 4.34. The van der Waals surface area contributed by atoms with Crippen molar-refractivity contribution in [2.75, 3.05) is 17.3 Å². The highest BCUT2D eigenvalue weighted by Crippen LogP contribution is 2.31. The van der Waals surface area contributed by atoms with Gasteiger partial charge in [-0.25, -0.2) is 8.42 Å². The number of methoxy groups -OCH3 is 1. The number of anilines is 2. The van der Waals surface area contributed by atoms with Crippen LogP contribution in [0, 0.1) is 10.1 Å². The minimum absolute atomic E-state index is 0.108. The quantitative estimate of drug-likeness (QED) is 0.521. The van der Waals surface area contributed by atoms with Crippen LogP contribution in [0.25, 0.3) is 0 Å². The third-order valence-corrected chi connectivity index (χ3v) is 5.70. The fourth-order valence-electron chi connectivity index (χ4n) is 2.83. The molecule has 10 heteroatoms. The van der Waals surface area contributed by atoms with Gasteiger partial charge in [0.2, 0.25) is 0 Å². The molecule has 152 valence electrons. The van der Waals surface area contributed by atoms with E-state index < -0.39 is 20.6 Å². The number of hydrazone groups is 1. The molecule has 3 rings (SSSR count). The average molecular weight is 416 g/mol. The second-order valence-corrected chi connectivity index (χ2v) is 8.13. The number of rotatable bonds is 7. The highest BCUT2D eigenvalue weighted by atomic mass is 32.2. The lowest BCUT2D eigenvalue weighted by Crippen LogP contribution is -2.14. The van der Waals surface area contributed by atoms with E-state index in [2.05, 4.69) is 15.2 Å². The molecule has 0 bridgehead atoms. The molecule has 0 aliphatic heterocycles. The zero-order valence-electron chi connectivity index (χ0n) is 15.9. The van der Waals surface area contributed by atoms with Crippen molar-refractivity contribution in [3.63, 3.8) is 0 Å². The van der Waals surface area contributed by atoms with Gasteiger partial charge in [0.05, 0.1) is 28.3 Å². The summed E-state index contributed by atoms with van der Waals surface area (Å²) in [7, 11) is -2.65. The summed E-state index contributed by atoms with van der Waals surface area (Å²) >= 11 is 0. The van der Waals surface area contributed by atoms with E-state index in [0.717, 1.165) is 24.6 Å². The normalized spacial score (nSPS) is 15.1. The maximum atomic E-state index is 12.7. The maximum Gasteiger partial charge on any atom is 0.295 e. The van der Waals surface area contributed by atoms with Crippen LogP contribution >= 0.6 is 0 Å². The first-order valence-corrected chi connectivity index (χ1v) is 10.2. The van der Waals surface area contributed by atoms with Gasteiger partial charge in [0.1, 0.15) is 11.4 Å². The van der Waals surface area contributed by atoms with Crippen molar-refractivity contribution in [3.8, 4) is 5.75 Å². The lowest BCUT2D eigenvalue weighted by molar-refractivity contribution is -0.384. The summed E-state index contributed by atoms with van der Waals surface area (Å²) in [6.45, 7) is 1.99. The molecule has 0 unspecified atom stereocenters. The van der Waals surface area contributed by atoms with E-state index >= 15 is 0 Å². The van der Waals surface area contributed by atoms with Crippen molar-refractivity contribution in [2.45, 2.75) is 24.7 Å². The van der Waals surface area contributed by atoms with Gasteiger partial charge in [0.25, 0.3) is 15.7 Å². The lowest BCUT2D eigenvalue weighted by Gasteiger charge is -2.12. The molecule has 2 N–H and O–H groups in total. The summed E-state index contributed by atoms with van der Waals surface area (Å²) in [6.07, 6.45) is 3.56. The summed E-state index contributed by atoms with van der Waals surface area (Å²) in [5, 5.41) is 15.7. The van der Waals surface area contributed by atoms with Gasteiger partial charge >= 0.3 is 0 Å². The van der Waals surface area contributed by atoms with Crippen molar-refractivity contribution >= 4 is 32.8 Å². The molecule has 0 fully saturated rings. The van der Waals surface area contributed by atoms with Crippen molar-refractivity contribution < 1.29 is 18.1 Å². The van der Waals surface area contributed by atoms with E-state index in [0.29, 0.717) is 5.75 Å². The number of nitrogens with one attached hydrogen (secondary N) is 2. The molecule has 0 amide bonds. The smallest absolute Gasteiger partial charge is 0.295 e. The minimum Gasteiger partial charge on any atom is -0.495 e. The number of para-hydroxylation sites is 2. The molecule has 0 saturated heterocycles. The van der Waals surface area contributed by atoms with E-state index in [4.69, 9.17) is 4.74 Å². The molecule has 0 heterocycles. The van der Waals surface area contributed by atoms with E-state index in [9.17, 15) is 18.5 Å². The Kier molecular flexibility index (Phi) is 5.83. The van der Waals surface area contributed by atoms with Crippen LogP contribution in [-0.4, -0.2) is 26.2 Å². The van der Waals surface area contributed by atoms with Crippen LogP contribution in [-0.2, 0) is 10.0 Å². The maximum absolute atomic E-state index is 12.7. The van der Waals surface area contributed by atoms with Crippen molar-refractivity contribution in [1.29, 1.82) is 0 Å². The minimum atomic E-state index is -4.06. The van der Waals surface area contributed by atoms with E-state index in [1.54, 1.807) is 18.2 Å². The number of hydrogen-bond donors (Lipinski definition) is 2. The van der Waals surface area contributed by atoms with Gasteiger partial charge in [-0.2, -0.15) is 5.10 Å². The van der Waals surface area contributed by atoms with E-state index in [1.807, 2.05) is 13.0 Å². The Hall–Kier alpha value is -3.40. The predicted octanol–water partition coefficient (Wildman–Crippen LogP) is 3.91. The Morgan fingerprint density at radius 2 is 1.90 bits per heavy atom. The van der Waals surface area contributed by atoms with Gasteiger partial charge in [-0.15, -0.1) is 0 Å². The van der Waals surface area contributed by atoms with E-state index in [-0.39, 0.29) is 16.3 Å².